The highest BCUT2D eigenvalue weighted by Gasteiger charge is 2.44. The van der Waals surface area contributed by atoms with Gasteiger partial charge < -0.3 is 35.0 Å². The second kappa shape index (κ2) is 8.51. The van der Waals surface area contributed by atoms with Gasteiger partial charge in [-0.2, -0.15) is 0 Å². The van der Waals surface area contributed by atoms with Crippen molar-refractivity contribution in [2.24, 2.45) is 0 Å². The second-order valence-electron chi connectivity index (χ2n) is 6.32. The molecular weight excluding hydrogens is 352 g/mol. The number of rotatable bonds is 5. The Hall–Kier alpha value is -2.42. The van der Waals surface area contributed by atoms with Crippen LogP contribution >= 0.6 is 0 Å². The van der Waals surface area contributed by atoms with Crippen LogP contribution in [0.2, 0.25) is 0 Å². The van der Waals surface area contributed by atoms with Gasteiger partial charge in [-0.05, 0) is 23.3 Å². The van der Waals surface area contributed by atoms with E-state index in [2.05, 4.69) is 0 Å². The number of hydrogen-bond acceptors (Lipinski definition) is 7. The van der Waals surface area contributed by atoms with E-state index in [-0.39, 0.29) is 11.5 Å². The molecule has 144 valence electrons. The summed E-state index contributed by atoms with van der Waals surface area (Å²) in [7, 11) is 0. The Morgan fingerprint density at radius 1 is 0.889 bits per heavy atom. The van der Waals surface area contributed by atoms with Crippen molar-refractivity contribution in [3.8, 4) is 11.5 Å². The van der Waals surface area contributed by atoms with Crippen molar-refractivity contribution in [1.82, 2.24) is 0 Å². The molecule has 1 saturated heterocycles. The predicted octanol–water partition coefficient (Wildman–Crippen LogP) is 0.741. The summed E-state index contributed by atoms with van der Waals surface area (Å²) < 4.78 is 10.9. The summed E-state index contributed by atoms with van der Waals surface area (Å²) >= 11 is 0. The summed E-state index contributed by atoms with van der Waals surface area (Å²) in [4.78, 5) is 0. The molecule has 2 aromatic rings. The fourth-order valence-corrected chi connectivity index (χ4v) is 2.83. The van der Waals surface area contributed by atoms with E-state index in [1.165, 1.54) is 6.07 Å². The number of hydrogen-bond donors (Lipinski definition) is 5. The highest BCUT2D eigenvalue weighted by atomic mass is 16.7. The van der Waals surface area contributed by atoms with Crippen molar-refractivity contribution < 1.29 is 35.0 Å². The Kier molecular flexibility index (Phi) is 6.10. The van der Waals surface area contributed by atoms with Crippen LogP contribution in [0.25, 0.3) is 12.2 Å². The number of aliphatic hydroxyl groups is 4. The lowest BCUT2D eigenvalue weighted by Crippen LogP contribution is -2.60. The highest BCUT2D eigenvalue weighted by molar-refractivity contribution is 5.70. The second-order valence-corrected chi connectivity index (χ2v) is 6.32. The molecule has 1 fully saturated rings. The van der Waals surface area contributed by atoms with Gasteiger partial charge >= 0.3 is 0 Å². The van der Waals surface area contributed by atoms with Crippen molar-refractivity contribution in [1.29, 1.82) is 0 Å². The number of aromatic hydroxyl groups is 1. The molecule has 0 amide bonds. The summed E-state index contributed by atoms with van der Waals surface area (Å²) in [6.07, 6.45) is -3.24. The zero-order valence-electron chi connectivity index (χ0n) is 14.4. The maximum absolute atomic E-state index is 10.1. The van der Waals surface area contributed by atoms with Gasteiger partial charge in [0, 0.05) is 6.07 Å². The van der Waals surface area contributed by atoms with Crippen molar-refractivity contribution in [2.75, 3.05) is 6.61 Å². The van der Waals surface area contributed by atoms with Crippen LogP contribution in [0.15, 0.2) is 48.5 Å². The number of phenols is 1. The third-order valence-electron chi connectivity index (χ3n) is 4.28. The maximum Gasteiger partial charge on any atom is 0.229 e. The van der Waals surface area contributed by atoms with Crippen LogP contribution in [0.4, 0.5) is 0 Å². The van der Waals surface area contributed by atoms with Crippen LogP contribution in [0.3, 0.4) is 0 Å². The molecule has 7 heteroatoms. The van der Waals surface area contributed by atoms with E-state index in [0.29, 0.717) is 5.56 Å². The minimum absolute atomic E-state index is 0.0511. The first-order chi connectivity index (χ1) is 13.0. The number of aliphatic hydroxyl groups excluding tert-OH is 4. The van der Waals surface area contributed by atoms with E-state index in [1.807, 2.05) is 36.4 Å². The Morgan fingerprint density at radius 2 is 1.59 bits per heavy atom. The Morgan fingerprint density at radius 3 is 2.30 bits per heavy atom. The van der Waals surface area contributed by atoms with Gasteiger partial charge in [-0.1, -0.05) is 42.5 Å². The number of phenolic OH excluding ortho intramolecular Hbond substituents is 1. The molecule has 1 aliphatic heterocycles. The third kappa shape index (κ3) is 4.65. The van der Waals surface area contributed by atoms with E-state index in [0.717, 1.165) is 5.56 Å². The van der Waals surface area contributed by atoms with Gasteiger partial charge in [-0.15, -0.1) is 0 Å². The summed E-state index contributed by atoms with van der Waals surface area (Å²) in [6.45, 7) is -0.546. The van der Waals surface area contributed by atoms with Gasteiger partial charge in [-0.3, -0.25) is 0 Å². The zero-order chi connectivity index (χ0) is 19.4. The monoisotopic (exact) mass is 374 g/mol. The average molecular weight is 374 g/mol. The molecule has 0 aromatic heterocycles. The van der Waals surface area contributed by atoms with E-state index in [1.54, 1.807) is 18.2 Å². The fraction of sp³-hybridized carbons (Fsp3) is 0.300. The molecule has 5 unspecified atom stereocenters. The minimum atomic E-state index is -1.53. The third-order valence-corrected chi connectivity index (χ3v) is 4.28. The van der Waals surface area contributed by atoms with Crippen molar-refractivity contribution in [3.05, 3.63) is 59.7 Å². The quantitative estimate of drug-likeness (QED) is 0.490. The largest absolute Gasteiger partial charge is 0.508 e. The van der Waals surface area contributed by atoms with Gasteiger partial charge in [-0.25, -0.2) is 0 Å². The van der Waals surface area contributed by atoms with E-state index in [9.17, 15) is 25.5 Å². The van der Waals surface area contributed by atoms with Gasteiger partial charge in [0.2, 0.25) is 6.29 Å². The lowest BCUT2D eigenvalue weighted by Gasteiger charge is -2.39. The van der Waals surface area contributed by atoms with Crippen molar-refractivity contribution in [3.63, 3.8) is 0 Å². The molecule has 0 bridgehead atoms. The summed E-state index contributed by atoms with van der Waals surface area (Å²) in [6, 6.07) is 14.1. The van der Waals surface area contributed by atoms with Gasteiger partial charge in [0.25, 0.3) is 0 Å². The molecule has 0 aliphatic carbocycles. The summed E-state index contributed by atoms with van der Waals surface area (Å²) in [5.41, 5.74) is 1.63. The molecule has 27 heavy (non-hydrogen) atoms. The number of ether oxygens (including phenoxy) is 2. The first-order valence-electron chi connectivity index (χ1n) is 8.52. The zero-order valence-corrected chi connectivity index (χ0v) is 14.4. The van der Waals surface area contributed by atoms with Crippen molar-refractivity contribution >= 4 is 12.2 Å². The normalized spacial score (nSPS) is 28.4. The topological polar surface area (TPSA) is 120 Å². The molecule has 1 aliphatic rings. The smallest absolute Gasteiger partial charge is 0.229 e. The molecule has 5 atom stereocenters. The summed E-state index contributed by atoms with van der Waals surface area (Å²) in [5.74, 6) is 0.150. The number of benzene rings is 2. The molecule has 7 nitrogen and oxygen atoms in total. The summed E-state index contributed by atoms with van der Waals surface area (Å²) in [5, 5.41) is 48.9. The molecule has 0 radical (unpaired) electrons. The molecule has 5 N–H and O–H groups in total. The van der Waals surface area contributed by atoms with Crippen LogP contribution in [0.1, 0.15) is 11.1 Å². The van der Waals surface area contributed by atoms with Crippen LogP contribution < -0.4 is 4.74 Å². The fourth-order valence-electron chi connectivity index (χ4n) is 2.83. The van der Waals surface area contributed by atoms with Crippen molar-refractivity contribution in [2.45, 2.75) is 30.7 Å². The van der Waals surface area contributed by atoms with Gasteiger partial charge in [0.15, 0.2) is 0 Å². The van der Waals surface area contributed by atoms with E-state index >= 15 is 0 Å². The molecule has 0 saturated carbocycles. The SMILES string of the molecule is OCC1OC(Oc2cc(O)cc(/C=C/c3ccccc3)c2)C(O)C(O)C1O. The first-order valence-corrected chi connectivity index (χ1v) is 8.52. The standard InChI is InChI=1S/C20H22O7/c21-11-16-17(23)18(24)19(25)20(27-16)26-15-9-13(8-14(22)10-15)7-6-12-4-2-1-3-5-12/h1-10,16-25H,11H2/b7-6+. The lowest BCUT2D eigenvalue weighted by atomic mass is 9.99. The molecule has 2 aromatic carbocycles. The highest BCUT2D eigenvalue weighted by Crippen LogP contribution is 2.28. The maximum atomic E-state index is 10.1. The lowest BCUT2D eigenvalue weighted by molar-refractivity contribution is -0.277. The van der Waals surface area contributed by atoms with Crippen LogP contribution in [0, 0.1) is 0 Å². The minimum Gasteiger partial charge on any atom is -0.508 e. The van der Waals surface area contributed by atoms with Crippen LogP contribution in [0.5, 0.6) is 11.5 Å². The Balaban J connectivity index is 1.77. The molecule has 0 spiro atoms. The molecule has 1 heterocycles. The van der Waals surface area contributed by atoms with Crippen LogP contribution in [-0.4, -0.2) is 62.8 Å². The predicted molar refractivity (Wildman–Crippen MR) is 97.9 cm³/mol. The van der Waals surface area contributed by atoms with E-state index in [4.69, 9.17) is 9.47 Å². The molecule has 3 rings (SSSR count). The van der Waals surface area contributed by atoms with Crippen LogP contribution in [-0.2, 0) is 4.74 Å². The Bertz CT molecular complexity index is 775. The van der Waals surface area contributed by atoms with E-state index < -0.39 is 37.3 Å². The first kappa shape index (κ1) is 19.3. The Labute approximate surface area is 156 Å². The average Bonchev–Trinajstić information content (AvgIpc) is 2.67. The molecular formula is C20H22O7. The van der Waals surface area contributed by atoms with Gasteiger partial charge in [0.1, 0.15) is 35.9 Å². The van der Waals surface area contributed by atoms with Gasteiger partial charge in [0.05, 0.1) is 6.61 Å².